The van der Waals surface area contributed by atoms with Gasteiger partial charge in [0.05, 0.1) is 13.2 Å². The lowest BCUT2D eigenvalue weighted by Gasteiger charge is -2.42. The summed E-state index contributed by atoms with van der Waals surface area (Å²) in [6.45, 7) is 11.4. The Balaban J connectivity index is 1.40. The Kier molecular flexibility index (Phi) is 6.82. The van der Waals surface area contributed by atoms with Gasteiger partial charge in [0.2, 0.25) is 5.82 Å². The van der Waals surface area contributed by atoms with E-state index in [-0.39, 0.29) is 13.2 Å². The fourth-order valence-corrected chi connectivity index (χ4v) is 4.14. The van der Waals surface area contributed by atoms with Gasteiger partial charge >= 0.3 is 6.09 Å². The highest BCUT2D eigenvalue weighted by Gasteiger charge is 2.46. The maximum absolute atomic E-state index is 12.8. The first-order chi connectivity index (χ1) is 18.4. The molecule has 4 aromatic rings. The van der Waals surface area contributed by atoms with Crippen LogP contribution in [0.4, 0.5) is 4.79 Å². The van der Waals surface area contributed by atoms with Gasteiger partial charge in [-0.25, -0.2) is 4.79 Å². The van der Waals surface area contributed by atoms with Gasteiger partial charge in [-0.3, -0.25) is 0 Å². The number of aryl methyl sites for hydroxylation is 1. The van der Waals surface area contributed by atoms with Crippen molar-refractivity contribution >= 4 is 29.2 Å². The summed E-state index contributed by atoms with van der Waals surface area (Å²) in [6, 6.07) is 15.6. The average molecular weight is 532 g/mol. The second-order valence-electron chi connectivity index (χ2n) is 11.2. The molecule has 9 nitrogen and oxygen atoms in total. The van der Waals surface area contributed by atoms with E-state index < -0.39 is 23.0 Å². The lowest BCUT2D eigenvalue weighted by Crippen LogP contribution is -2.59. The first-order valence-corrected chi connectivity index (χ1v) is 12.8. The van der Waals surface area contributed by atoms with Gasteiger partial charge in [-0.1, -0.05) is 35.0 Å². The number of amides is 1. The number of alkyl carbamates (subject to hydrolysis) is 1. The van der Waals surface area contributed by atoms with Crippen LogP contribution in [-0.2, 0) is 19.7 Å². The number of aromatic nitrogens is 2. The summed E-state index contributed by atoms with van der Waals surface area (Å²) in [5.41, 5.74) is 1.90. The number of nitrogens with zero attached hydrogens (tertiary/aromatic N) is 2. The normalized spacial score (nSPS) is 17.0. The van der Waals surface area contributed by atoms with E-state index in [1.54, 1.807) is 26.8 Å². The van der Waals surface area contributed by atoms with Crippen LogP contribution < -0.4 is 5.32 Å². The number of furan rings is 1. The van der Waals surface area contributed by atoms with Crippen LogP contribution in [0.1, 0.15) is 57.4 Å². The molecule has 1 aliphatic rings. The molecule has 3 heterocycles. The van der Waals surface area contributed by atoms with Crippen molar-refractivity contribution in [3.05, 3.63) is 71.3 Å². The van der Waals surface area contributed by atoms with Gasteiger partial charge in [-0.05, 0) is 77.4 Å². The highest BCUT2D eigenvalue weighted by molar-refractivity contribution is 5.83. The first kappa shape index (κ1) is 26.6. The Bertz CT molecular complexity index is 1500. The fourth-order valence-electron chi connectivity index (χ4n) is 4.14. The van der Waals surface area contributed by atoms with Gasteiger partial charge in [-0.15, -0.1) is 0 Å². The van der Waals surface area contributed by atoms with E-state index in [4.69, 9.17) is 23.2 Å². The van der Waals surface area contributed by atoms with Gasteiger partial charge in [0, 0.05) is 17.0 Å². The van der Waals surface area contributed by atoms with Gasteiger partial charge in [-0.2, -0.15) is 4.98 Å². The summed E-state index contributed by atoms with van der Waals surface area (Å²) in [4.78, 5) is 17.3. The largest absolute Gasteiger partial charge is 0.458 e. The van der Waals surface area contributed by atoms with E-state index in [2.05, 4.69) is 15.5 Å². The molecule has 1 N–H and O–H groups in total. The van der Waals surface area contributed by atoms with Crippen molar-refractivity contribution in [1.82, 2.24) is 15.5 Å². The number of nitrogens with one attached hydrogen (secondary N) is 1. The summed E-state index contributed by atoms with van der Waals surface area (Å²) in [5, 5.41) is 7.87. The molecular weight excluding hydrogens is 498 g/mol. The molecule has 9 heteroatoms. The monoisotopic (exact) mass is 531 g/mol. The zero-order chi connectivity index (χ0) is 27.8. The van der Waals surface area contributed by atoms with Crippen LogP contribution in [0.3, 0.4) is 0 Å². The highest BCUT2D eigenvalue weighted by atomic mass is 16.7. The third-order valence-corrected chi connectivity index (χ3v) is 6.26. The van der Waals surface area contributed by atoms with Gasteiger partial charge in [0.1, 0.15) is 22.5 Å². The summed E-state index contributed by atoms with van der Waals surface area (Å²) < 4.78 is 29.0. The molecule has 5 rings (SSSR count). The summed E-state index contributed by atoms with van der Waals surface area (Å²) >= 11 is 0. The molecule has 0 atom stereocenters. The van der Waals surface area contributed by atoms with E-state index in [0.29, 0.717) is 23.1 Å². The van der Waals surface area contributed by atoms with E-state index in [1.807, 2.05) is 75.4 Å². The van der Waals surface area contributed by atoms with Crippen molar-refractivity contribution in [2.45, 2.75) is 58.5 Å². The Morgan fingerprint density at radius 3 is 2.44 bits per heavy atom. The molecular formula is C30H33N3O6. The lowest BCUT2D eigenvalue weighted by atomic mass is 9.96. The van der Waals surface area contributed by atoms with Crippen LogP contribution in [0.25, 0.3) is 34.5 Å². The Morgan fingerprint density at radius 1 is 1.03 bits per heavy atom. The SMILES string of the molecule is Cc1ccc(C=Cc2nc(-c3ccc4oc(C5(NC(=O)OC(C)(C)C)COC(C)(C)OC5)cc4c3)no2)cc1. The lowest BCUT2D eigenvalue weighted by molar-refractivity contribution is -0.274. The predicted molar refractivity (Wildman–Crippen MR) is 147 cm³/mol. The number of rotatable bonds is 5. The van der Waals surface area contributed by atoms with E-state index in [9.17, 15) is 4.79 Å². The predicted octanol–water partition coefficient (Wildman–Crippen LogP) is 6.46. The zero-order valence-electron chi connectivity index (χ0n) is 23.0. The number of benzene rings is 2. The van der Waals surface area contributed by atoms with Gasteiger partial charge in [0.15, 0.2) is 5.79 Å². The molecule has 39 heavy (non-hydrogen) atoms. The number of carbonyl (C=O) groups excluding carboxylic acids is 1. The minimum Gasteiger partial charge on any atom is -0.458 e. The number of carbonyl (C=O) groups is 1. The molecule has 0 saturated carbocycles. The van der Waals surface area contributed by atoms with Crippen molar-refractivity contribution < 1.29 is 27.9 Å². The molecule has 0 spiro atoms. The summed E-state index contributed by atoms with van der Waals surface area (Å²) in [7, 11) is 0. The molecule has 2 aromatic carbocycles. The van der Waals surface area contributed by atoms with Crippen LogP contribution in [0, 0.1) is 6.92 Å². The van der Waals surface area contributed by atoms with Crippen molar-refractivity contribution in [3.63, 3.8) is 0 Å². The average Bonchev–Trinajstić information content (AvgIpc) is 3.51. The molecule has 1 amide bonds. The van der Waals surface area contributed by atoms with Gasteiger partial charge < -0.3 is 28.5 Å². The quantitative estimate of drug-likeness (QED) is 0.312. The summed E-state index contributed by atoms with van der Waals surface area (Å²) in [6.07, 6.45) is 3.12. The Morgan fingerprint density at radius 2 is 1.74 bits per heavy atom. The molecule has 0 aliphatic carbocycles. The Hall–Kier alpha value is -3.95. The van der Waals surface area contributed by atoms with Crippen molar-refractivity contribution in [2.24, 2.45) is 0 Å². The highest BCUT2D eigenvalue weighted by Crippen LogP contribution is 2.36. The van der Waals surface area contributed by atoms with Gasteiger partial charge in [0.25, 0.3) is 5.89 Å². The molecule has 0 unspecified atom stereocenters. The van der Waals surface area contributed by atoms with Crippen molar-refractivity contribution in [3.8, 4) is 11.4 Å². The number of ether oxygens (including phenoxy) is 3. The molecule has 2 aromatic heterocycles. The number of hydrogen-bond acceptors (Lipinski definition) is 8. The van der Waals surface area contributed by atoms with Crippen LogP contribution in [0.2, 0.25) is 0 Å². The first-order valence-electron chi connectivity index (χ1n) is 12.8. The topological polar surface area (TPSA) is 109 Å². The van der Waals surface area contributed by atoms with Crippen molar-refractivity contribution in [1.29, 1.82) is 0 Å². The van der Waals surface area contributed by atoms with E-state index in [1.165, 1.54) is 5.56 Å². The molecule has 0 radical (unpaired) electrons. The zero-order valence-corrected chi connectivity index (χ0v) is 23.0. The fraction of sp³-hybridized carbons (Fsp3) is 0.367. The second-order valence-corrected chi connectivity index (χ2v) is 11.2. The van der Waals surface area contributed by atoms with Crippen LogP contribution in [-0.4, -0.2) is 40.8 Å². The second kappa shape index (κ2) is 9.98. The van der Waals surface area contributed by atoms with Crippen LogP contribution in [0.15, 0.2) is 57.5 Å². The molecule has 1 fully saturated rings. The standard InChI is InChI=1S/C30H33N3O6/c1-19-7-9-20(10-8-19)11-14-25-31-26(33-39-25)21-12-13-23-22(15-21)16-24(37-23)30(17-35-29(5,6)36-18-30)32-27(34)38-28(2,3)4/h7-16H,17-18H2,1-6H3,(H,32,34). The maximum Gasteiger partial charge on any atom is 0.408 e. The summed E-state index contributed by atoms with van der Waals surface area (Å²) in [5.74, 6) is 0.558. The number of hydrogen-bond donors (Lipinski definition) is 1. The molecule has 1 saturated heterocycles. The minimum absolute atomic E-state index is 0.146. The van der Waals surface area contributed by atoms with Crippen LogP contribution >= 0.6 is 0 Å². The van der Waals surface area contributed by atoms with E-state index >= 15 is 0 Å². The van der Waals surface area contributed by atoms with Crippen LogP contribution in [0.5, 0.6) is 0 Å². The molecule has 204 valence electrons. The van der Waals surface area contributed by atoms with E-state index in [0.717, 1.165) is 16.5 Å². The maximum atomic E-state index is 12.8. The molecule has 1 aliphatic heterocycles. The Labute approximate surface area is 227 Å². The van der Waals surface area contributed by atoms with Crippen molar-refractivity contribution in [2.75, 3.05) is 13.2 Å². The third kappa shape index (κ3) is 6.21. The smallest absolute Gasteiger partial charge is 0.408 e. The third-order valence-electron chi connectivity index (χ3n) is 6.26. The number of fused-ring (bicyclic) bond motifs is 1. The molecule has 0 bridgehead atoms. The minimum atomic E-state index is -1.07.